The van der Waals surface area contributed by atoms with E-state index in [1.807, 2.05) is 12.1 Å². The van der Waals surface area contributed by atoms with E-state index in [0.717, 1.165) is 24.1 Å². The minimum absolute atomic E-state index is 0.395. The SMILES string of the molecule is O=C(O)c1cccc(CN2CC3CCC2C3)c1. The Morgan fingerprint density at radius 1 is 1.41 bits per heavy atom. The molecule has 17 heavy (non-hydrogen) atoms. The maximum absolute atomic E-state index is 10.9. The monoisotopic (exact) mass is 231 g/mol. The molecule has 1 aliphatic carbocycles. The van der Waals surface area contributed by atoms with E-state index >= 15 is 0 Å². The standard InChI is InChI=1S/C14H17NO2/c16-14(17)12-3-1-2-10(6-12)8-15-9-11-4-5-13(15)7-11/h1-3,6,11,13H,4-5,7-9H2,(H,16,17). The Balaban J connectivity index is 1.73. The van der Waals surface area contributed by atoms with E-state index in [2.05, 4.69) is 4.90 Å². The van der Waals surface area contributed by atoms with Crippen molar-refractivity contribution in [2.24, 2.45) is 5.92 Å². The summed E-state index contributed by atoms with van der Waals surface area (Å²) in [4.78, 5) is 13.4. The molecule has 0 spiro atoms. The van der Waals surface area contributed by atoms with Gasteiger partial charge in [0.1, 0.15) is 0 Å². The number of carboxylic acids is 1. The van der Waals surface area contributed by atoms with Crippen LogP contribution >= 0.6 is 0 Å². The quantitative estimate of drug-likeness (QED) is 0.868. The molecular formula is C14H17NO2. The first-order valence-corrected chi connectivity index (χ1v) is 6.28. The second-order valence-corrected chi connectivity index (χ2v) is 5.27. The average molecular weight is 231 g/mol. The lowest BCUT2D eigenvalue weighted by Gasteiger charge is -2.26. The van der Waals surface area contributed by atoms with Gasteiger partial charge in [-0.2, -0.15) is 0 Å². The molecule has 1 aliphatic heterocycles. The van der Waals surface area contributed by atoms with Crippen LogP contribution in [0, 0.1) is 5.92 Å². The second kappa shape index (κ2) is 4.15. The molecule has 1 aromatic carbocycles. The topological polar surface area (TPSA) is 40.5 Å². The molecule has 3 rings (SSSR count). The number of carboxylic acid groups (broad SMARTS) is 1. The van der Waals surface area contributed by atoms with E-state index in [4.69, 9.17) is 5.11 Å². The third kappa shape index (κ3) is 2.07. The Morgan fingerprint density at radius 3 is 2.94 bits per heavy atom. The summed E-state index contributed by atoms with van der Waals surface area (Å²) in [7, 11) is 0. The van der Waals surface area contributed by atoms with Gasteiger partial charge in [0, 0.05) is 19.1 Å². The summed E-state index contributed by atoms with van der Waals surface area (Å²) in [5.74, 6) is 0.0532. The number of piperidine rings is 1. The number of nitrogens with zero attached hydrogens (tertiary/aromatic N) is 1. The van der Waals surface area contributed by atoms with Crippen LogP contribution in [0.5, 0.6) is 0 Å². The first kappa shape index (κ1) is 10.8. The highest BCUT2D eigenvalue weighted by Crippen LogP contribution is 2.38. The number of likely N-dealkylation sites (tertiary alicyclic amines) is 1. The molecule has 90 valence electrons. The van der Waals surface area contributed by atoms with Crippen molar-refractivity contribution in [2.45, 2.75) is 31.8 Å². The number of rotatable bonds is 3. The Bertz CT molecular complexity index is 444. The highest BCUT2D eigenvalue weighted by molar-refractivity contribution is 5.87. The summed E-state index contributed by atoms with van der Waals surface area (Å²) in [6.45, 7) is 2.10. The predicted octanol–water partition coefficient (Wildman–Crippen LogP) is 2.37. The fourth-order valence-electron chi connectivity index (χ4n) is 3.26. The van der Waals surface area contributed by atoms with Crippen molar-refractivity contribution in [1.29, 1.82) is 0 Å². The molecule has 2 atom stereocenters. The van der Waals surface area contributed by atoms with Crippen molar-refractivity contribution < 1.29 is 9.90 Å². The molecule has 0 aromatic heterocycles. The molecule has 1 saturated heterocycles. The average Bonchev–Trinajstić information content (AvgIpc) is 2.91. The first-order chi connectivity index (χ1) is 8.22. The van der Waals surface area contributed by atoms with Crippen LogP contribution in [0.2, 0.25) is 0 Å². The third-order valence-electron chi connectivity index (χ3n) is 4.08. The van der Waals surface area contributed by atoms with E-state index in [1.165, 1.54) is 25.8 Å². The molecule has 2 aliphatic rings. The maximum atomic E-state index is 10.9. The summed E-state index contributed by atoms with van der Waals surface area (Å²) < 4.78 is 0. The first-order valence-electron chi connectivity index (χ1n) is 6.28. The maximum Gasteiger partial charge on any atom is 0.335 e. The van der Waals surface area contributed by atoms with Crippen molar-refractivity contribution >= 4 is 5.97 Å². The lowest BCUT2D eigenvalue weighted by Crippen LogP contribution is -2.31. The number of carbonyl (C=O) groups is 1. The van der Waals surface area contributed by atoms with Crippen LogP contribution in [0.1, 0.15) is 35.2 Å². The van der Waals surface area contributed by atoms with Gasteiger partial charge in [0.15, 0.2) is 0 Å². The van der Waals surface area contributed by atoms with Gasteiger partial charge in [-0.1, -0.05) is 12.1 Å². The number of fused-ring (bicyclic) bond motifs is 2. The molecule has 2 unspecified atom stereocenters. The zero-order valence-electron chi connectivity index (χ0n) is 9.80. The van der Waals surface area contributed by atoms with Crippen molar-refractivity contribution in [3.05, 3.63) is 35.4 Å². The summed E-state index contributed by atoms with van der Waals surface area (Å²) in [6.07, 6.45) is 4.05. The van der Waals surface area contributed by atoms with Crippen LogP contribution in [0.3, 0.4) is 0 Å². The van der Waals surface area contributed by atoms with E-state index < -0.39 is 5.97 Å². The molecule has 0 amide bonds. The van der Waals surface area contributed by atoms with Crippen molar-refractivity contribution in [2.75, 3.05) is 6.54 Å². The van der Waals surface area contributed by atoms with Crippen LogP contribution in [0.15, 0.2) is 24.3 Å². The number of aromatic carboxylic acids is 1. The van der Waals surface area contributed by atoms with E-state index in [-0.39, 0.29) is 0 Å². The summed E-state index contributed by atoms with van der Waals surface area (Å²) in [6, 6.07) is 8.07. The van der Waals surface area contributed by atoms with Crippen molar-refractivity contribution in [3.8, 4) is 0 Å². The number of hydrogen-bond acceptors (Lipinski definition) is 2. The Hall–Kier alpha value is -1.35. The van der Waals surface area contributed by atoms with Gasteiger partial charge < -0.3 is 5.11 Å². The molecule has 3 heteroatoms. The lowest BCUT2D eigenvalue weighted by atomic mass is 10.1. The minimum Gasteiger partial charge on any atom is -0.478 e. The Labute approximate surface area is 101 Å². The third-order valence-corrected chi connectivity index (χ3v) is 4.08. The molecule has 2 bridgehead atoms. The van der Waals surface area contributed by atoms with Gasteiger partial charge in [-0.25, -0.2) is 4.79 Å². The number of benzene rings is 1. The van der Waals surface area contributed by atoms with Crippen LogP contribution in [0.25, 0.3) is 0 Å². The van der Waals surface area contributed by atoms with Gasteiger partial charge in [-0.3, -0.25) is 4.90 Å². The molecule has 0 radical (unpaired) electrons. The van der Waals surface area contributed by atoms with Crippen molar-refractivity contribution in [3.63, 3.8) is 0 Å². The molecule has 1 N–H and O–H groups in total. The minimum atomic E-state index is -0.838. The van der Waals surface area contributed by atoms with Crippen LogP contribution in [0.4, 0.5) is 0 Å². The molecule has 1 aromatic rings. The van der Waals surface area contributed by atoms with Gasteiger partial charge in [0.2, 0.25) is 0 Å². The van der Waals surface area contributed by atoms with E-state index in [1.54, 1.807) is 12.1 Å². The van der Waals surface area contributed by atoms with Gasteiger partial charge in [0.25, 0.3) is 0 Å². The van der Waals surface area contributed by atoms with E-state index in [0.29, 0.717) is 5.56 Å². The fourth-order valence-corrected chi connectivity index (χ4v) is 3.26. The van der Waals surface area contributed by atoms with Gasteiger partial charge in [0.05, 0.1) is 5.56 Å². The van der Waals surface area contributed by atoms with Gasteiger partial charge in [-0.05, 0) is 42.9 Å². The van der Waals surface area contributed by atoms with Crippen LogP contribution in [-0.4, -0.2) is 28.6 Å². The molecular weight excluding hydrogens is 214 g/mol. The smallest absolute Gasteiger partial charge is 0.335 e. The summed E-state index contributed by atoms with van der Waals surface area (Å²) in [5.41, 5.74) is 1.52. The summed E-state index contributed by atoms with van der Waals surface area (Å²) >= 11 is 0. The zero-order chi connectivity index (χ0) is 11.8. The normalized spacial score (nSPS) is 27.5. The Morgan fingerprint density at radius 2 is 2.29 bits per heavy atom. The highest BCUT2D eigenvalue weighted by Gasteiger charge is 2.37. The molecule has 1 saturated carbocycles. The van der Waals surface area contributed by atoms with Gasteiger partial charge in [-0.15, -0.1) is 0 Å². The van der Waals surface area contributed by atoms with Crippen molar-refractivity contribution in [1.82, 2.24) is 4.90 Å². The Kier molecular flexibility index (Phi) is 2.63. The van der Waals surface area contributed by atoms with Gasteiger partial charge >= 0.3 is 5.97 Å². The lowest BCUT2D eigenvalue weighted by molar-refractivity contribution is 0.0696. The second-order valence-electron chi connectivity index (χ2n) is 5.27. The zero-order valence-corrected chi connectivity index (χ0v) is 9.80. The predicted molar refractivity (Wildman–Crippen MR) is 64.9 cm³/mol. The van der Waals surface area contributed by atoms with Crippen LogP contribution < -0.4 is 0 Å². The fraction of sp³-hybridized carbons (Fsp3) is 0.500. The largest absolute Gasteiger partial charge is 0.478 e. The molecule has 3 nitrogen and oxygen atoms in total. The summed E-state index contributed by atoms with van der Waals surface area (Å²) in [5, 5.41) is 8.96. The molecule has 2 fully saturated rings. The van der Waals surface area contributed by atoms with E-state index in [9.17, 15) is 4.79 Å². The molecule has 1 heterocycles. The highest BCUT2D eigenvalue weighted by atomic mass is 16.4. The number of hydrogen-bond donors (Lipinski definition) is 1. The van der Waals surface area contributed by atoms with Crippen LogP contribution in [-0.2, 0) is 6.54 Å².